The number of ether oxygens (including phenoxy) is 1. The third-order valence-corrected chi connectivity index (χ3v) is 4.73. The van der Waals surface area contributed by atoms with Crippen molar-refractivity contribution in [3.63, 3.8) is 0 Å². The van der Waals surface area contributed by atoms with Gasteiger partial charge in [0.25, 0.3) is 0 Å². The fourth-order valence-corrected chi connectivity index (χ4v) is 3.80. The van der Waals surface area contributed by atoms with Gasteiger partial charge >= 0.3 is 5.63 Å². The Hall–Kier alpha value is -1.65. The van der Waals surface area contributed by atoms with E-state index < -0.39 is 0 Å². The van der Waals surface area contributed by atoms with Crippen molar-refractivity contribution in [2.45, 2.75) is 59.3 Å². The van der Waals surface area contributed by atoms with Gasteiger partial charge in [0.05, 0.1) is 12.2 Å². The van der Waals surface area contributed by atoms with Crippen molar-refractivity contribution in [2.24, 2.45) is 0 Å². The zero-order valence-electron chi connectivity index (χ0n) is 15.3. The van der Waals surface area contributed by atoms with E-state index in [4.69, 9.17) is 9.15 Å². The van der Waals surface area contributed by atoms with Crippen molar-refractivity contribution in [1.82, 2.24) is 4.90 Å². The second kappa shape index (κ2) is 6.69. The van der Waals surface area contributed by atoms with E-state index in [0.29, 0.717) is 11.5 Å². The first-order chi connectivity index (χ1) is 11.3. The molecule has 2 heterocycles. The second-order valence-electron chi connectivity index (χ2n) is 7.40. The fourth-order valence-electron chi connectivity index (χ4n) is 3.80. The van der Waals surface area contributed by atoms with Crippen LogP contribution in [0.1, 0.15) is 50.3 Å². The number of hydrogen-bond acceptors (Lipinski definition) is 4. The molecule has 0 N–H and O–H groups in total. The number of morpholine rings is 1. The molecule has 1 aliphatic heterocycles. The fraction of sp³-hybridized carbons (Fsp3) is 0.550. The Kier molecular flexibility index (Phi) is 4.79. The van der Waals surface area contributed by atoms with Crippen molar-refractivity contribution in [1.29, 1.82) is 0 Å². The summed E-state index contributed by atoms with van der Waals surface area (Å²) in [6.07, 6.45) is 0.433. The zero-order chi connectivity index (χ0) is 17.4. The Labute approximate surface area is 143 Å². The monoisotopic (exact) mass is 329 g/mol. The van der Waals surface area contributed by atoms with Gasteiger partial charge in [-0.15, -0.1) is 0 Å². The maximum atomic E-state index is 12.0. The topological polar surface area (TPSA) is 42.7 Å². The maximum Gasteiger partial charge on any atom is 0.336 e. The molecular formula is C20H27NO3. The van der Waals surface area contributed by atoms with E-state index in [-0.39, 0.29) is 17.8 Å². The molecule has 1 aliphatic rings. The van der Waals surface area contributed by atoms with Gasteiger partial charge in [0.2, 0.25) is 0 Å². The molecule has 2 unspecified atom stereocenters. The maximum absolute atomic E-state index is 12.0. The van der Waals surface area contributed by atoms with Crippen molar-refractivity contribution in [2.75, 3.05) is 13.1 Å². The second-order valence-corrected chi connectivity index (χ2v) is 7.40. The van der Waals surface area contributed by atoms with E-state index in [9.17, 15) is 4.79 Å². The minimum Gasteiger partial charge on any atom is -0.423 e. The average molecular weight is 329 g/mol. The molecule has 1 aromatic carbocycles. The van der Waals surface area contributed by atoms with Crippen LogP contribution in [-0.2, 0) is 11.3 Å². The molecule has 0 radical (unpaired) electrons. The normalized spacial score (nSPS) is 22.4. The van der Waals surface area contributed by atoms with Crippen LogP contribution in [0.2, 0.25) is 0 Å². The molecule has 0 amide bonds. The van der Waals surface area contributed by atoms with E-state index in [1.54, 1.807) is 6.07 Å². The van der Waals surface area contributed by atoms with Gasteiger partial charge in [-0.3, -0.25) is 4.90 Å². The molecule has 1 fully saturated rings. The van der Waals surface area contributed by atoms with Gasteiger partial charge in [-0.05, 0) is 55.5 Å². The van der Waals surface area contributed by atoms with Crippen molar-refractivity contribution < 1.29 is 9.15 Å². The highest BCUT2D eigenvalue weighted by Gasteiger charge is 2.23. The van der Waals surface area contributed by atoms with Gasteiger partial charge in [-0.25, -0.2) is 4.79 Å². The van der Waals surface area contributed by atoms with Crippen LogP contribution < -0.4 is 5.63 Å². The molecule has 2 atom stereocenters. The van der Waals surface area contributed by atoms with Crippen molar-refractivity contribution in [3.8, 4) is 0 Å². The number of hydrogen-bond donors (Lipinski definition) is 0. The molecule has 0 aliphatic carbocycles. The molecule has 130 valence electrons. The largest absolute Gasteiger partial charge is 0.423 e. The van der Waals surface area contributed by atoms with E-state index in [1.807, 2.05) is 6.07 Å². The zero-order valence-corrected chi connectivity index (χ0v) is 15.3. The van der Waals surface area contributed by atoms with Gasteiger partial charge in [-0.2, -0.15) is 0 Å². The van der Waals surface area contributed by atoms with E-state index in [0.717, 1.165) is 30.6 Å². The van der Waals surface area contributed by atoms with Crippen molar-refractivity contribution >= 4 is 11.0 Å². The van der Waals surface area contributed by atoms with E-state index in [2.05, 4.69) is 45.6 Å². The number of fused-ring (bicyclic) bond motifs is 1. The summed E-state index contributed by atoms with van der Waals surface area (Å²) in [6.45, 7) is 13.2. The van der Waals surface area contributed by atoms with E-state index in [1.165, 1.54) is 11.1 Å². The summed E-state index contributed by atoms with van der Waals surface area (Å²) in [7, 11) is 0. The average Bonchev–Trinajstić information content (AvgIpc) is 2.44. The molecule has 0 spiro atoms. The van der Waals surface area contributed by atoms with Crippen LogP contribution in [0.4, 0.5) is 0 Å². The summed E-state index contributed by atoms with van der Waals surface area (Å²) in [5.41, 5.74) is 3.94. The van der Waals surface area contributed by atoms with Crippen LogP contribution in [0, 0.1) is 6.92 Å². The minimum absolute atomic E-state index is 0.216. The lowest BCUT2D eigenvalue weighted by Gasteiger charge is -2.35. The lowest BCUT2D eigenvalue weighted by atomic mass is 9.94. The minimum atomic E-state index is -0.274. The number of benzene rings is 1. The molecule has 1 aromatic heterocycles. The van der Waals surface area contributed by atoms with Crippen LogP contribution in [0.3, 0.4) is 0 Å². The molecule has 1 saturated heterocycles. The molecule has 0 bridgehead atoms. The van der Waals surface area contributed by atoms with Gasteiger partial charge in [0.1, 0.15) is 5.58 Å². The predicted octanol–water partition coefficient (Wildman–Crippen LogP) is 3.83. The van der Waals surface area contributed by atoms with Crippen LogP contribution in [0.5, 0.6) is 0 Å². The summed E-state index contributed by atoms with van der Waals surface area (Å²) in [4.78, 5) is 14.4. The molecule has 3 rings (SSSR count). The summed E-state index contributed by atoms with van der Waals surface area (Å²) in [5, 5.41) is 1.05. The summed E-state index contributed by atoms with van der Waals surface area (Å²) < 4.78 is 11.3. The SMILES string of the molecule is Cc1cc2oc(=O)cc(CN3CC(C)OC(C)C3)c2cc1C(C)C. The third kappa shape index (κ3) is 3.55. The Bertz CT molecular complexity index is 783. The van der Waals surface area contributed by atoms with Gasteiger partial charge in [0.15, 0.2) is 0 Å². The van der Waals surface area contributed by atoms with Gasteiger partial charge in [0, 0.05) is 31.1 Å². The Morgan fingerprint density at radius 1 is 1.17 bits per heavy atom. The predicted molar refractivity (Wildman–Crippen MR) is 96.6 cm³/mol. The highest BCUT2D eigenvalue weighted by atomic mass is 16.5. The summed E-state index contributed by atoms with van der Waals surface area (Å²) in [6, 6.07) is 5.84. The number of rotatable bonds is 3. The first-order valence-electron chi connectivity index (χ1n) is 8.78. The Morgan fingerprint density at radius 3 is 2.46 bits per heavy atom. The number of aryl methyl sites for hydroxylation is 1. The van der Waals surface area contributed by atoms with Crippen LogP contribution >= 0.6 is 0 Å². The quantitative estimate of drug-likeness (QED) is 0.803. The molecule has 2 aromatic rings. The smallest absolute Gasteiger partial charge is 0.336 e. The van der Waals surface area contributed by atoms with Crippen LogP contribution in [0.25, 0.3) is 11.0 Å². The standard InChI is InChI=1S/C20H27NO3/c1-12(2)17-8-18-16(7-20(22)24-19(18)6-13(17)3)11-21-9-14(4)23-15(5)10-21/h6-8,12,14-15H,9-11H2,1-5H3. The third-order valence-electron chi connectivity index (χ3n) is 4.73. The lowest BCUT2D eigenvalue weighted by Crippen LogP contribution is -2.44. The molecular weight excluding hydrogens is 302 g/mol. The first-order valence-corrected chi connectivity index (χ1v) is 8.78. The summed E-state index contributed by atoms with van der Waals surface area (Å²) in [5.74, 6) is 0.442. The Morgan fingerprint density at radius 2 is 1.83 bits per heavy atom. The van der Waals surface area contributed by atoms with Crippen LogP contribution in [-0.4, -0.2) is 30.2 Å². The molecule has 4 heteroatoms. The molecule has 0 saturated carbocycles. The number of nitrogens with zero attached hydrogens (tertiary/aromatic N) is 1. The summed E-state index contributed by atoms with van der Waals surface area (Å²) >= 11 is 0. The van der Waals surface area contributed by atoms with Crippen LogP contribution in [0.15, 0.2) is 27.4 Å². The Balaban J connectivity index is 2.03. The van der Waals surface area contributed by atoms with E-state index >= 15 is 0 Å². The van der Waals surface area contributed by atoms with Gasteiger partial charge in [-0.1, -0.05) is 13.8 Å². The first kappa shape index (κ1) is 17.2. The lowest BCUT2D eigenvalue weighted by molar-refractivity contribution is -0.0704. The van der Waals surface area contributed by atoms with Gasteiger partial charge < -0.3 is 9.15 Å². The molecule has 24 heavy (non-hydrogen) atoms. The highest BCUT2D eigenvalue weighted by molar-refractivity contribution is 5.82. The molecule has 4 nitrogen and oxygen atoms in total. The highest BCUT2D eigenvalue weighted by Crippen LogP contribution is 2.28. The van der Waals surface area contributed by atoms with Crippen molar-refractivity contribution in [3.05, 3.63) is 45.3 Å².